The number of alkyl carbamates (subject to hydrolysis) is 1. The van der Waals surface area contributed by atoms with E-state index in [1.165, 1.54) is 0 Å². The fourth-order valence-corrected chi connectivity index (χ4v) is 1.86. The van der Waals surface area contributed by atoms with Crippen molar-refractivity contribution in [1.82, 2.24) is 10.6 Å². The average molecular weight is 322 g/mol. The maximum Gasteiger partial charge on any atom is 0.407 e. The van der Waals surface area contributed by atoms with E-state index in [0.29, 0.717) is 18.7 Å². The van der Waals surface area contributed by atoms with Crippen LogP contribution in [0.15, 0.2) is 30.4 Å². The molecule has 0 aromatic heterocycles. The van der Waals surface area contributed by atoms with Crippen molar-refractivity contribution in [3.63, 3.8) is 0 Å². The molecule has 1 atom stereocenters. The summed E-state index contributed by atoms with van der Waals surface area (Å²) in [6.07, 6.45) is 3.33. The molecule has 0 bridgehead atoms. The predicted molar refractivity (Wildman–Crippen MR) is 90.9 cm³/mol. The first-order valence-corrected chi connectivity index (χ1v) is 7.80. The lowest BCUT2D eigenvalue weighted by Crippen LogP contribution is -2.32. The van der Waals surface area contributed by atoms with Crippen molar-refractivity contribution in [3.8, 4) is 0 Å². The number of nitrogens with one attached hydrogen (secondary N) is 2. The Hall–Kier alpha value is -1.88. The zero-order valence-corrected chi connectivity index (χ0v) is 14.6. The molecule has 0 heterocycles. The zero-order valence-electron chi connectivity index (χ0n) is 14.6. The van der Waals surface area contributed by atoms with E-state index >= 15 is 0 Å². The summed E-state index contributed by atoms with van der Waals surface area (Å²) in [7, 11) is 0. The van der Waals surface area contributed by atoms with Gasteiger partial charge in [-0.25, -0.2) is 9.18 Å². The van der Waals surface area contributed by atoms with Crippen LogP contribution in [0.1, 0.15) is 44.9 Å². The molecule has 0 saturated heterocycles. The van der Waals surface area contributed by atoms with Gasteiger partial charge in [-0.05, 0) is 51.8 Å². The van der Waals surface area contributed by atoms with Gasteiger partial charge in [0.15, 0.2) is 0 Å². The van der Waals surface area contributed by atoms with E-state index < -0.39 is 11.7 Å². The van der Waals surface area contributed by atoms with E-state index in [1.807, 2.05) is 45.9 Å². The Bertz CT molecular complexity index is 550. The molecule has 0 fully saturated rings. The molecule has 1 aromatic carbocycles. The van der Waals surface area contributed by atoms with Gasteiger partial charge in [-0.1, -0.05) is 24.3 Å². The fourth-order valence-electron chi connectivity index (χ4n) is 1.86. The molecule has 5 heteroatoms. The zero-order chi connectivity index (χ0) is 17.5. The molecule has 4 nitrogen and oxygen atoms in total. The molecule has 0 aliphatic heterocycles. The van der Waals surface area contributed by atoms with Crippen LogP contribution >= 0.6 is 0 Å². The number of carbonyl (C=O) groups excluding carboxylic acids is 1. The third-order valence-corrected chi connectivity index (χ3v) is 3.17. The molecule has 2 N–H and O–H groups in total. The van der Waals surface area contributed by atoms with E-state index in [2.05, 4.69) is 10.6 Å². The molecule has 1 rings (SSSR count). The van der Waals surface area contributed by atoms with Gasteiger partial charge in [0.1, 0.15) is 11.4 Å². The van der Waals surface area contributed by atoms with Crippen molar-refractivity contribution in [2.24, 2.45) is 0 Å². The van der Waals surface area contributed by atoms with E-state index in [-0.39, 0.29) is 11.9 Å². The van der Waals surface area contributed by atoms with Crippen LogP contribution in [0.3, 0.4) is 0 Å². The van der Waals surface area contributed by atoms with E-state index in [0.717, 1.165) is 5.56 Å². The first kappa shape index (κ1) is 19.2. The van der Waals surface area contributed by atoms with Crippen molar-refractivity contribution >= 4 is 6.09 Å². The lowest BCUT2D eigenvalue weighted by atomic mass is 10.1. The summed E-state index contributed by atoms with van der Waals surface area (Å²) in [6.45, 7) is 10.2. The van der Waals surface area contributed by atoms with E-state index in [4.69, 9.17) is 4.74 Å². The second-order valence-electron chi connectivity index (χ2n) is 6.49. The number of benzene rings is 1. The van der Waals surface area contributed by atoms with Gasteiger partial charge in [0, 0.05) is 19.1 Å². The third-order valence-electron chi connectivity index (χ3n) is 3.17. The second-order valence-corrected chi connectivity index (χ2v) is 6.49. The summed E-state index contributed by atoms with van der Waals surface area (Å²) in [5.74, 6) is -0.187. The van der Waals surface area contributed by atoms with Gasteiger partial charge in [0.05, 0.1) is 0 Å². The van der Waals surface area contributed by atoms with Crippen molar-refractivity contribution in [2.45, 2.75) is 46.3 Å². The standard InChI is InChI=1S/C18H27FN2O2/c1-13-8-9-15(12-16(13)19)14(2)20-10-6-7-11-21-17(22)23-18(3,4)5/h6-9,12,14,20H,10-11H2,1-5H3,(H,21,22)/b7-6+. The van der Waals surface area contributed by atoms with Crippen LogP contribution in [0, 0.1) is 12.7 Å². The Morgan fingerprint density at radius 2 is 1.96 bits per heavy atom. The summed E-state index contributed by atoms with van der Waals surface area (Å²) in [6, 6.07) is 5.31. The van der Waals surface area contributed by atoms with Crippen molar-refractivity contribution in [3.05, 3.63) is 47.3 Å². The Balaban J connectivity index is 2.28. The molecule has 0 saturated carbocycles. The number of hydrogen-bond donors (Lipinski definition) is 2. The van der Waals surface area contributed by atoms with Crippen molar-refractivity contribution in [1.29, 1.82) is 0 Å². The van der Waals surface area contributed by atoms with Gasteiger partial charge in [-0.3, -0.25) is 0 Å². The van der Waals surface area contributed by atoms with Crippen LogP contribution in [0.2, 0.25) is 0 Å². The Kier molecular flexibility index (Phi) is 7.23. The largest absolute Gasteiger partial charge is 0.444 e. The summed E-state index contributed by atoms with van der Waals surface area (Å²) in [4.78, 5) is 11.4. The SMILES string of the molecule is Cc1ccc(C(C)NC/C=C/CNC(=O)OC(C)(C)C)cc1F. The van der Waals surface area contributed by atoms with Crippen LogP contribution in [0.25, 0.3) is 0 Å². The highest BCUT2D eigenvalue weighted by Gasteiger charge is 2.14. The van der Waals surface area contributed by atoms with Gasteiger partial charge in [0.2, 0.25) is 0 Å². The van der Waals surface area contributed by atoms with Gasteiger partial charge in [0.25, 0.3) is 0 Å². The minimum Gasteiger partial charge on any atom is -0.444 e. The fraction of sp³-hybridized carbons (Fsp3) is 0.500. The van der Waals surface area contributed by atoms with Crippen LogP contribution in [0.4, 0.5) is 9.18 Å². The first-order valence-electron chi connectivity index (χ1n) is 7.80. The maximum atomic E-state index is 13.5. The molecule has 1 aromatic rings. The number of hydrogen-bond acceptors (Lipinski definition) is 3. The van der Waals surface area contributed by atoms with Crippen LogP contribution in [-0.2, 0) is 4.74 Å². The van der Waals surface area contributed by atoms with E-state index in [1.54, 1.807) is 19.1 Å². The highest BCUT2D eigenvalue weighted by atomic mass is 19.1. The highest BCUT2D eigenvalue weighted by molar-refractivity contribution is 5.67. The Morgan fingerprint density at radius 3 is 2.57 bits per heavy atom. The van der Waals surface area contributed by atoms with Gasteiger partial charge < -0.3 is 15.4 Å². The molecule has 128 valence electrons. The summed E-state index contributed by atoms with van der Waals surface area (Å²) in [5.41, 5.74) is 1.07. The highest BCUT2D eigenvalue weighted by Crippen LogP contribution is 2.15. The first-order chi connectivity index (χ1) is 10.7. The second kappa shape index (κ2) is 8.67. The van der Waals surface area contributed by atoms with Gasteiger partial charge in [-0.15, -0.1) is 0 Å². The number of halogens is 1. The molecule has 0 aliphatic rings. The molecule has 23 heavy (non-hydrogen) atoms. The molecular weight excluding hydrogens is 295 g/mol. The monoisotopic (exact) mass is 322 g/mol. The maximum absolute atomic E-state index is 13.5. The lowest BCUT2D eigenvalue weighted by molar-refractivity contribution is 0.0534. The summed E-state index contributed by atoms with van der Waals surface area (Å²) < 4.78 is 18.7. The minimum absolute atomic E-state index is 0.0496. The van der Waals surface area contributed by atoms with Gasteiger partial charge >= 0.3 is 6.09 Å². The van der Waals surface area contributed by atoms with Crippen molar-refractivity contribution < 1.29 is 13.9 Å². The third kappa shape index (κ3) is 7.79. The van der Waals surface area contributed by atoms with Crippen LogP contribution < -0.4 is 10.6 Å². The van der Waals surface area contributed by atoms with Crippen molar-refractivity contribution in [2.75, 3.05) is 13.1 Å². The number of ether oxygens (including phenoxy) is 1. The van der Waals surface area contributed by atoms with Gasteiger partial charge in [-0.2, -0.15) is 0 Å². The summed E-state index contributed by atoms with van der Waals surface area (Å²) >= 11 is 0. The lowest BCUT2D eigenvalue weighted by Gasteiger charge is -2.19. The molecule has 0 radical (unpaired) electrons. The number of aryl methyl sites for hydroxylation is 1. The Labute approximate surface area is 138 Å². The number of amides is 1. The molecular formula is C18H27FN2O2. The molecule has 1 amide bonds. The topological polar surface area (TPSA) is 50.4 Å². The normalized spacial score (nSPS) is 13.1. The summed E-state index contributed by atoms with van der Waals surface area (Å²) in [5, 5.41) is 5.92. The molecule has 0 aliphatic carbocycles. The smallest absolute Gasteiger partial charge is 0.407 e. The number of rotatable bonds is 6. The average Bonchev–Trinajstić information content (AvgIpc) is 2.43. The molecule has 0 spiro atoms. The van der Waals surface area contributed by atoms with Crippen LogP contribution in [-0.4, -0.2) is 24.8 Å². The predicted octanol–water partition coefficient (Wildman–Crippen LogP) is 3.87. The van der Waals surface area contributed by atoms with Crippen LogP contribution in [0.5, 0.6) is 0 Å². The Morgan fingerprint density at radius 1 is 1.30 bits per heavy atom. The molecule has 1 unspecified atom stereocenters. The quantitative estimate of drug-likeness (QED) is 0.782. The van der Waals surface area contributed by atoms with E-state index in [9.17, 15) is 9.18 Å². The number of carbonyl (C=O) groups is 1. The minimum atomic E-state index is -0.492.